The summed E-state index contributed by atoms with van der Waals surface area (Å²) in [4.78, 5) is 24.5. The largest absolute Gasteiger partial charge is 0.422 e. The number of benzene rings is 2. The molecule has 1 heterocycles. The summed E-state index contributed by atoms with van der Waals surface area (Å²) in [6.45, 7) is 5.37. The predicted octanol–water partition coefficient (Wildman–Crippen LogP) is 4.18. The molecule has 0 saturated heterocycles. The van der Waals surface area contributed by atoms with Crippen molar-refractivity contribution in [2.24, 2.45) is 5.41 Å². The molecule has 3 nitrogen and oxygen atoms in total. The van der Waals surface area contributed by atoms with Crippen LogP contribution < -0.4 is 5.63 Å². The van der Waals surface area contributed by atoms with E-state index < -0.39 is 11.0 Å². The first kappa shape index (κ1) is 13.6. The van der Waals surface area contributed by atoms with E-state index in [2.05, 4.69) is 0 Å². The van der Waals surface area contributed by atoms with E-state index in [4.69, 9.17) is 4.42 Å². The topological polar surface area (TPSA) is 47.3 Å². The van der Waals surface area contributed by atoms with Crippen molar-refractivity contribution >= 4 is 27.5 Å². The molecule has 0 N–H and O–H groups in total. The van der Waals surface area contributed by atoms with Crippen LogP contribution in [0.4, 0.5) is 0 Å². The number of ketones is 1. The van der Waals surface area contributed by atoms with Crippen LogP contribution in [0.15, 0.2) is 51.7 Å². The van der Waals surface area contributed by atoms with E-state index >= 15 is 0 Å². The zero-order chi connectivity index (χ0) is 15.2. The minimum absolute atomic E-state index is 0.116. The summed E-state index contributed by atoms with van der Waals surface area (Å²) in [5.74, 6) is -0.202. The minimum Gasteiger partial charge on any atom is -0.422 e. The first-order valence-corrected chi connectivity index (χ1v) is 6.88. The van der Waals surface area contributed by atoms with E-state index in [1.807, 2.05) is 36.4 Å². The molecule has 106 valence electrons. The van der Waals surface area contributed by atoms with Crippen molar-refractivity contribution in [1.82, 2.24) is 0 Å². The van der Waals surface area contributed by atoms with Gasteiger partial charge in [0.25, 0.3) is 0 Å². The molecule has 0 saturated carbocycles. The third kappa shape index (κ3) is 2.25. The molecule has 0 bridgehead atoms. The van der Waals surface area contributed by atoms with E-state index in [0.717, 1.165) is 16.2 Å². The summed E-state index contributed by atoms with van der Waals surface area (Å²) in [6.07, 6.45) is 0. The van der Waals surface area contributed by atoms with Crippen molar-refractivity contribution in [2.75, 3.05) is 0 Å². The Labute approximate surface area is 122 Å². The van der Waals surface area contributed by atoms with Crippen molar-refractivity contribution in [2.45, 2.75) is 20.8 Å². The lowest BCUT2D eigenvalue weighted by Gasteiger charge is -2.15. The molecular formula is C18H16O3. The Morgan fingerprint density at radius 1 is 1.00 bits per heavy atom. The molecule has 0 unspecified atom stereocenters. The highest BCUT2D eigenvalue weighted by atomic mass is 16.4. The Kier molecular flexibility index (Phi) is 2.94. The van der Waals surface area contributed by atoms with E-state index in [1.165, 1.54) is 0 Å². The van der Waals surface area contributed by atoms with Gasteiger partial charge in [-0.2, -0.15) is 0 Å². The number of hydrogen-bond acceptors (Lipinski definition) is 3. The molecule has 3 rings (SSSR count). The first-order chi connectivity index (χ1) is 9.88. The van der Waals surface area contributed by atoms with Crippen molar-refractivity contribution in [3.8, 4) is 0 Å². The Morgan fingerprint density at radius 2 is 1.67 bits per heavy atom. The van der Waals surface area contributed by atoms with Crippen LogP contribution in [-0.4, -0.2) is 5.78 Å². The average Bonchev–Trinajstić information content (AvgIpc) is 2.45. The molecule has 0 spiro atoms. The number of rotatable bonds is 1. The molecule has 0 atom stereocenters. The number of fused-ring (bicyclic) bond motifs is 3. The zero-order valence-corrected chi connectivity index (χ0v) is 12.3. The fraction of sp³-hybridized carbons (Fsp3) is 0.222. The number of carbonyl (C=O) groups is 1. The van der Waals surface area contributed by atoms with Crippen molar-refractivity contribution in [3.63, 3.8) is 0 Å². The summed E-state index contributed by atoms with van der Waals surface area (Å²) in [5.41, 5.74) is -0.535. The summed E-state index contributed by atoms with van der Waals surface area (Å²) < 4.78 is 5.45. The molecule has 0 amide bonds. The summed E-state index contributed by atoms with van der Waals surface area (Å²) in [7, 11) is 0. The quantitative estimate of drug-likeness (QED) is 0.382. The SMILES string of the molecule is CC(C)(C)C(=O)c1cc2ccc3ccccc3c2oc1=O. The maximum atomic E-state index is 12.3. The van der Waals surface area contributed by atoms with Crippen LogP contribution in [0, 0.1) is 5.41 Å². The molecule has 0 aliphatic rings. The van der Waals surface area contributed by atoms with Gasteiger partial charge in [-0.3, -0.25) is 4.79 Å². The van der Waals surface area contributed by atoms with E-state index in [1.54, 1.807) is 26.8 Å². The van der Waals surface area contributed by atoms with Gasteiger partial charge in [-0.05, 0) is 11.5 Å². The van der Waals surface area contributed by atoms with Crippen LogP contribution in [0.3, 0.4) is 0 Å². The van der Waals surface area contributed by atoms with Gasteiger partial charge in [0.15, 0.2) is 5.78 Å². The second-order valence-corrected chi connectivity index (χ2v) is 6.23. The normalized spacial score (nSPS) is 12.0. The van der Waals surface area contributed by atoms with Crippen molar-refractivity contribution in [1.29, 1.82) is 0 Å². The van der Waals surface area contributed by atoms with Gasteiger partial charge in [-0.25, -0.2) is 4.79 Å². The van der Waals surface area contributed by atoms with Gasteiger partial charge < -0.3 is 4.42 Å². The molecule has 3 heteroatoms. The standard InChI is InChI=1S/C18H16O3/c1-18(2,3)16(19)14-10-12-9-8-11-6-4-5-7-13(11)15(12)21-17(14)20/h4-10H,1-3H3. The number of hydrogen-bond donors (Lipinski definition) is 0. The van der Waals surface area contributed by atoms with E-state index in [9.17, 15) is 9.59 Å². The second-order valence-electron chi connectivity index (χ2n) is 6.23. The van der Waals surface area contributed by atoms with Crippen LogP contribution in [0.2, 0.25) is 0 Å². The highest BCUT2D eigenvalue weighted by molar-refractivity contribution is 6.07. The van der Waals surface area contributed by atoms with Crippen molar-refractivity contribution in [3.05, 3.63) is 58.4 Å². The molecule has 0 aliphatic heterocycles. The van der Waals surface area contributed by atoms with Gasteiger partial charge in [0.05, 0.1) is 0 Å². The van der Waals surface area contributed by atoms with Gasteiger partial charge in [0.1, 0.15) is 11.1 Å². The Bertz CT molecular complexity index is 911. The smallest absolute Gasteiger partial charge is 0.347 e. The van der Waals surface area contributed by atoms with Gasteiger partial charge in [-0.1, -0.05) is 57.2 Å². The minimum atomic E-state index is -0.612. The Morgan fingerprint density at radius 3 is 2.38 bits per heavy atom. The molecule has 0 fully saturated rings. The molecule has 0 aliphatic carbocycles. The van der Waals surface area contributed by atoms with Gasteiger partial charge in [0.2, 0.25) is 0 Å². The third-order valence-electron chi connectivity index (χ3n) is 3.55. The zero-order valence-electron chi connectivity index (χ0n) is 12.3. The van der Waals surface area contributed by atoms with Crippen LogP contribution in [-0.2, 0) is 0 Å². The maximum Gasteiger partial charge on any atom is 0.347 e. The maximum absolute atomic E-state index is 12.3. The Balaban J connectivity index is 2.34. The molecular weight excluding hydrogens is 264 g/mol. The van der Waals surface area contributed by atoms with Crippen LogP contribution in [0.5, 0.6) is 0 Å². The molecule has 2 aromatic carbocycles. The predicted molar refractivity (Wildman–Crippen MR) is 83.8 cm³/mol. The average molecular weight is 280 g/mol. The third-order valence-corrected chi connectivity index (χ3v) is 3.55. The number of carbonyl (C=O) groups excluding carboxylic acids is 1. The Hall–Kier alpha value is -2.42. The molecule has 21 heavy (non-hydrogen) atoms. The lowest BCUT2D eigenvalue weighted by atomic mass is 9.87. The van der Waals surface area contributed by atoms with Gasteiger partial charge in [-0.15, -0.1) is 0 Å². The summed E-state index contributed by atoms with van der Waals surface area (Å²) in [5, 5.41) is 2.64. The lowest BCUT2D eigenvalue weighted by molar-refractivity contribution is 0.0854. The summed E-state index contributed by atoms with van der Waals surface area (Å²) >= 11 is 0. The highest BCUT2D eigenvalue weighted by Gasteiger charge is 2.26. The summed E-state index contributed by atoms with van der Waals surface area (Å²) in [6, 6.07) is 13.2. The highest BCUT2D eigenvalue weighted by Crippen LogP contribution is 2.26. The van der Waals surface area contributed by atoms with Crippen LogP contribution >= 0.6 is 0 Å². The first-order valence-electron chi connectivity index (χ1n) is 6.88. The monoisotopic (exact) mass is 280 g/mol. The molecule has 3 aromatic rings. The second kappa shape index (κ2) is 4.55. The van der Waals surface area contributed by atoms with Crippen LogP contribution in [0.25, 0.3) is 21.7 Å². The van der Waals surface area contributed by atoms with Crippen LogP contribution in [0.1, 0.15) is 31.1 Å². The number of Topliss-reactive ketones (excluding diaryl/α,β-unsaturated/α-hetero) is 1. The fourth-order valence-electron chi connectivity index (χ4n) is 2.41. The van der Waals surface area contributed by atoms with Gasteiger partial charge in [0, 0.05) is 16.2 Å². The van der Waals surface area contributed by atoms with E-state index in [0.29, 0.717) is 5.58 Å². The molecule has 1 aromatic heterocycles. The van der Waals surface area contributed by atoms with Crippen molar-refractivity contribution < 1.29 is 9.21 Å². The van der Waals surface area contributed by atoms with Gasteiger partial charge >= 0.3 is 5.63 Å². The molecule has 0 radical (unpaired) electrons. The lowest BCUT2D eigenvalue weighted by Crippen LogP contribution is -2.25. The van der Waals surface area contributed by atoms with E-state index in [-0.39, 0.29) is 11.3 Å². The fourth-order valence-corrected chi connectivity index (χ4v) is 2.41.